The fourth-order valence-electron chi connectivity index (χ4n) is 2.34. The summed E-state index contributed by atoms with van der Waals surface area (Å²) in [6.45, 7) is 3.66. The summed E-state index contributed by atoms with van der Waals surface area (Å²) in [4.78, 5) is 4.56. The first-order valence-electron chi connectivity index (χ1n) is 6.35. The average molecular weight is 365 g/mol. The molecule has 0 aliphatic rings. The van der Waals surface area contributed by atoms with Gasteiger partial charge in [-0.1, -0.05) is 18.2 Å². The van der Waals surface area contributed by atoms with E-state index in [9.17, 15) is 8.42 Å². The minimum atomic E-state index is -3.65. The molecule has 0 fully saturated rings. The van der Waals surface area contributed by atoms with Crippen LogP contribution in [0.15, 0.2) is 52.1 Å². The van der Waals surface area contributed by atoms with E-state index < -0.39 is 10.0 Å². The van der Waals surface area contributed by atoms with Gasteiger partial charge in [0, 0.05) is 22.3 Å². The summed E-state index contributed by atoms with van der Waals surface area (Å²) in [5.74, 6) is 0. The van der Waals surface area contributed by atoms with Gasteiger partial charge >= 0.3 is 0 Å². The number of rotatable bonds is 2. The molecule has 108 valence electrons. The number of aryl methyl sites for hydroxylation is 2. The van der Waals surface area contributed by atoms with Crippen LogP contribution in [0.2, 0.25) is 0 Å². The fourth-order valence-corrected chi connectivity index (χ4v) is 4.28. The number of nitrogens with zero attached hydrogens (tertiary/aromatic N) is 2. The molecular formula is C15H13BrN2O2S. The van der Waals surface area contributed by atoms with Gasteiger partial charge in [0.15, 0.2) is 5.65 Å². The first-order chi connectivity index (χ1) is 9.91. The van der Waals surface area contributed by atoms with Gasteiger partial charge in [-0.25, -0.2) is 17.4 Å². The molecule has 2 aromatic heterocycles. The third kappa shape index (κ3) is 2.28. The lowest BCUT2D eigenvalue weighted by molar-refractivity contribution is 0.588. The van der Waals surface area contributed by atoms with Gasteiger partial charge in [-0.05, 0) is 53.0 Å². The second kappa shape index (κ2) is 4.96. The average Bonchev–Trinajstić information content (AvgIpc) is 2.77. The van der Waals surface area contributed by atoms with Crippen molar-refractivity contribution >= 4 is 37.0 Å². The molecule has 0 N–H and O–H groups in total. The van der Waals surface area contributed by atoms with Crippen LogP contribution in [0.4, 0.5) is 0 Å². The third-order valence-corrected chi connectivity index (χ3v) is 5.65. The standard InChI is InChI=1S/C15H13BrN2O2S/c1-10-5-3-4-6-14(10)21(19,20)18-9-11(2)13-7-12(16)8-17-15(13)18/h3-9H,1-2H3. The minimum Gasteiger partial charge on any atom is -0.236 e. The molecule has 0 aliphatic carbocycles. The van der Waals surface area contributed by atoms with Crippen molar-refractivity contribution in [2.45, 2.75) is 18.7 Å². The third-order valence-electron chi connectivity index (χ3n) is 3.41. The first-order valence-corrected chi connectivity index (χ1v) is 8.59. The molecule has 0 atom stereocenters. The zero-order chi connectivity index (χ0) is 15.2. The lowest BCUT2D eigenvalue weighted by Crippen LogP contribution is -2.13. The Morgan fingerprint density at radius 3 is 2.57 bits per heavy atom. The van der Waals surface area contributed by atoms with Gasteiger partial charge in [-0.2, -0.15) is 0 Å². The number of benzene rings is 1. The van der Waals surface area contributed by atoms with Crippen LogP contribution >= 0.6 is 15.9 Å². The molecule has 3 aromatic rings. The van der Waals surface area contributed by atoms with E-state index >= 15 is 0 Å². The van der Waals surface area contributed by atoms with Crippen LogP contribution < -0.4 is 0 Å². The topological polar surface area (TPSA) is 52.0 Å². The molecule has 0 aliphatic heterocycles. The van der Waals surface area contributed by atoms with E-state index in [-0.39, 0.29) is 0 Å². The number of pyridine rings is 1. The van der Waals surface area contributed by atoms with E-state index in [0.29, 0.717) is 16.1 Å². The molecule has 2 heterocycles. The summed E-state index contributed by atoms with van der Waals surface area (Å²) in [7, 11) is -3.65. The number of fused-ring (bicyclic) bond motifs is 1. The monoisotopic (exact) mass is 364 g/mol. The highest BCUT2D eigenvalue weighted by Gasteiger charge is 2.22. The molecule has 0 amide bonds. The van der Waals surface area contributed by atoms with E-state index in [1.807, 2.05) is 19.1 Å². The highest BCUT2D eigenvalue weighted by molar-refractivity contribution is 9.10. The summed E-state index contributed by atoms with van der Waals surface area (Å²) in [5, 5.41) is 0.821. The zero-order valence-electron chi connectivity index (χ0n) is 11.5. The van der Waals surface area contributed by atoms with Crippen LogP contribution in [0.1, 0.15) is 11.1 Å². The highest BCUT2D eigenvalue weighted by Crippen LogP contribution is 2.27. The SMILES string of the molecule is Cc1ccccc1S(=O)(=O)n1cc(C)c2cc(Br)cnc21. The van der Waals surface area contributed by atoms with E-state index in [4.69, 9.17) is 0 Å². The van der Waals surface area contributed by atoms with Gasteiger partial charge in [0.2, 0.25) is 0 Å². The summed E-state index contributed by atoms with van der Waals surface area (Å²) < 4.78 is 27.8. The van der Waals surface area contributed by atoms with E-state index in [2.05, 4.69) is 20.9 Å². The Hall–Kier alpha value is -1.66. The van der Waals surface area contributed by atoms with Crippen molar-refractivity contribution in [2.24, 2.45) is 0 Å². The van der Waals surface area contributed by atoms with E-state index in [0.717, 1.165) is 15.4 Å². The van der Waals surface area contributed by atoms with Crippen molar-refractivity contribution in [2.75, 3.05) is 0 Å². The second-order valence-corrected chi connectivity index (χ2v) is 7.60. The minimum absolute atomic E-state index is 0.298. The van der Waals surface area contributed by atoms with Gasteiger partial charge < -0.3 is 0 Å². The molecule has 0 bridgehead atoms. The van der Waals surface area contributed by atoms with Crippen LogP contribution in [0, 0.1) is 13.8 Å². The zero-order valence-corrected chi connectivity index (χ0v) is 13.9. The van der Waals surface area contributed by atoms with Gasteiger partial charge in [0.1, 0.15) is 0 Å². The van der Waals surface area contributed by atoms with Crippen LogP contribution in [0.5, 0.6) is 0 Å². The largest absolute Gasteiger partial charge is 0.269 e. The lowest BCUT2D eigenvalue weighted by Gasteiger charge is -2.09. The molecule has 0 unspecified atom stereocenters. The molecule has 6 heteroatoms. The Labute approximate surface area is 131 Å². The van der Waals surface area contributed by atoms with Crippen molar-refractivity contribution in [3.05, 3.63) is 58.3 Å². The maximum atomic E-state index is 12.9. The molecular weight excluding hydrogens is 352 g/mol. The first kappa shape index (κ1) is 14.3. The molecule has 21 heavy (non-hydrogen) atoms. The van der Waals surface area contributed by atoms with Gasteiger partial charge in [-0.15, -0.1) is 0 Å². The molecule has 0 saturated carbocycles. The Kier molecular flexibility index (Phi) is 3.37. The maximum absolute atomic E-state index is 12.9. The number of hydrogen-bond donors (Lipinski definition) is 0. The van der Waals surface area contributed by atoms with Crippen molar-refractivity contribution in [3.63, 3.8) is 0 Å². The van der Waals surface area contributed by atoms with Crippen LogP contribution in [-0.2, 0) is 10.0 Å². The van der Waals surface area contributed by atoms with Crippen molar-refractivity contribution in [1.29, 1.82) is 0 Å². The van der Waals surface area contributed by atoms with Crippen molar-refractivity contribution in [3.8, 4) is 0 Å². The Balaban J connectivity index is 2.33. The summed E-state index contributed by atoms with van der Waals surface area (Å²) in [5.41, 5.74) is 2.03. The predicted octanol–water partition coefficient (Wildman–Crippen LogP) is 3.65. The Bertz CT molecular complexity index is 945. The Morgan fingerprint density at radius 1 is 1.14 bits per heavy atom. The molecule has 0 saturated heterocycles. The quantitative estimate of drug-likeness (QED) is 0.697. The molecule has 0 spiro atoms. The van der Waals surface area contributed by atoms with Gasteiger partial charge in [0.25, 0.3) is 10.0 Å². The Morgan fingerprint density at radius 2 is 1.86 bits per heavy atom. The van der Waals surface area contributed by atoms with Gasteiger partial charge in [0.05, 0.1) is 4.90 Å². The predicted molar refractivity (Wildman–Crippen MR) is 85.9 cm³/mol. The second-order valence-electron chi connectivity index (χ2n) is 4.90. The van der Waals surface area contributed by atoms with E-state index in [1.165, 1.54) is 3.97 Å². The molecule has 3 rings (SSSR count). The van der Waals surface area contributed by atoms with Crippen LogP contribution in [0.3, 0.4) is 0 Å². The number of hydrogen-bond acceptors (Lipinski definition) is 3. The number of aromatic nitrogens is 2. The fraction of sp³-hybridized carbons (Fsp3) is 0.133. The van der Waals surface area contributed by atoms with Crippen LogP contribution in [0.25, 0.3) is 11.0 Å². The van der Waals surface area contributed by atoms with Crippen LogP contribution in [-0.4, -0.2) is 17.4 Å². The number of halogens is 1. The maximum Gasteiger partial charge on any atom is 0.269 e. The molecule has 0 radical (unpaired) electrons. The smallest absolute Gasteiger partial charge is 0.236 e. The van der Waals surface area contributed by atoms with Crippen molar-refractivity contribution in [1.82, 2.24) is 8.96 Å². The highest BCUT2D eigenvalue weighted by atomic mass is 79.9. The molecule has 1 aromatic carbocycles. The van der Waals surface area contributed by atoms with Crippen molar-refractivity contribution < 1.29 is 8.42 Å². The summed E-state index contributed by atoms with van der Waals surface area (Å²) in [6, 6.07) is 8.83. The van der Waals surface area contributed by atoms with Gasteiger partial charge in [-0.3, -0.25) is 0 Å². The summed E-state index contributed by atoms with van der Waals surface area (Å²) >= 11 is 3.36. The normalized spacial score (nSPS) is 12.0. The molecule has 4 nitrogen and oxygen atoms in total. The summed E-state index contributed by atoms with van der Waals surface area (Å²) in [6.07, 6.45) is 3.22. The lowest BCUT2D eigenvalue weighted by atomic mass is 10.2. The van der Waals surface area contributed by atoms with E-state index in [1.54, 1.807) is 37.5 Å².